The minimum Gasteiger partial charge on any atom is -0.379 e. The maximum atomic E-state index is 13.6. The molecule has 0 fully saturated rings. The molecule has 0 spiro atoms. The van der Waals surface area contributed by atoms with Crippen molar-refractivity contribution in [1.29, 1.82) is 0 Å². The molecule has 5 heteroatoms. The molecule has 0 bridgehead atoms. The molecule has 1 aromatic heterocycles. The van der Waals surface area contributed by atoms with Gasteiger partial charge in [-0.3, -0.25) is 0 Å². The van der Waals surface area contributed by atoms with Crippen LogP contribution in [-0.2, 0) is 6.54 Å². The Morgan fingerprint density at radius 2 is 1.95 bits per heavy atom. The van der Waals surface area contributed by atoms with Crippen LogP contribution < -0.4 is 5.32 Å². The molecule has 0 aliphatic heterocycles. The lowest BCUT2D eigenvalue weighted by Crippen LogP contribution is -2.01. The molecule has 1 heterocycles. The Kier molecular flexibility index (Phi) is 3.88. The first-order chi connectivity index (χ1) is 10.2. The van der Waals surface area contributed by atoms with Crippen molar-refractivity contribution in [3.8, 4) is 5.69 Å². The first-order valence-corrected chi connectivity index (χ1v) is 6.86. The van der Waals surface area contributed by atoms with Crippen LogP contribution in [-0.4, -0.2) is 9.55 Å². The molecule has 0 atom stereocenters. The van der Waals surface area contributed by atoms with Crippen LogP contribution in [0.25, 0.3) is 5.69 Å². The third-order valence-electron chi connectivity index (χ3n) is 3.15. The molecule has 0 saturated carbocycles. The fourth-order valence-electron chi connectivity index (χ4n) is 2.03. The van der Waals surface area contributed by atoms with Gasteiger partial charge in [0.1, 0.15) is 5.82 Å². The molecule has 3 nitrogen and oxygen atoms in total. The van der Waals surface area contributed by atoms with Gasteiger partial charge in [-0.2, -0.15) is 0 Å². The van der Waals surface area contributed by atoms with Gasteiger partial charge < -0.3 is 9.88 Å². The quantitative estimate of drug-likeness (QED) is 0.779. The molecule has 21 heavy (non-hydrogen) atoms. The zero-order chi connectivity index (χ0) is 14.7. The van der Waals surface area contributed by atoms with Crippen molar-refractivity contribution >= 4 is 17.3 Å². The molecule has 0 saturated heterocycles. The largest absolute Gasteiger partial charge is 0.379 e. The Morgan fingerprint density at radius 3 is 2.67 bits per heavy atom. The molecule has 1 N–H and O–H groups in total. The van der Waals surface area contributed by atoms with E-state index in [2.05, 4.69) is 10.3 Å². The van der Waals surface area contributed by atoms with Crippen LogP contribution in [0.15, 0.2) is 61.2 Å². The summed E-state index contributed by atoms with van der Waals surface area (Å²) in [5, 5.41) is 3.55. The molecule has 0 amide bonds. The van der Waals surface area contributed by atoms with Gasteiger partial charge in [-0.1, -0.05) is 23.7 Å². The van der Waals surface area contributed by atoms with Gasteiger partial charge in [0.05, 0.1) is 12.0 Å². The Bertz CT molecular complexity index is 724. The number of nitrogens with zero attached hydrogens (tertiary/aromatic N) is 2. The second kappa shape index (κ2) is 5.97. The SMILES string of the molecule is Fc1ccc(Cl)cc1NCc1ccc(-n2ccnc2)cc1. The highest BCUT2D eigenvalue weighted by molar-refractivity contribution is 6.30. The van der Waals surface area contributed by atoms with Gasteiger partial charge >= 0.3 is 0 Å². The van der Waals surface area contributed by atoms with Gasteiger partial charge in [0, 0.05) is 29.6 Å². The lowest BCUT2D eigenvalue weighted by Gasteiger charge is -2.09. The Balaban J connectivity index is 1.70. The van der Waals surface area contributed by atoms with Gasteiger partial charge in [-0.05, 0) is 35.9 Å². The van der Waals surface area contributed by atoms with E-state index in [1.165, 1.54) is 12.1 Å². The van der Waals surface area contributed by atoms with E-state index in [-0.39, 0.29) is 5.82 Å². The first kappa shape index (κ1) is 13.6. The summed E-state index contributed by atoms with van der Waals surface area (Å²) in [5.41, 5.74) is 2.49. The predicted octanol–water partition coefficient (Wildman–Crippen LogP) is 4.28. The smallest absolute Gasteiger partial charge is 0.146 e. The van der Waals surface area contributed by atoms with Crippen molar-refractivity contribution in [3.63, 3.8) is 0 Å². The highest BCUT2D eigenvalue weighted by Gasteiger charge is 2.03. The van der Waals surface area contributed by atoms with Crippen molar-refractivity contribution in [2.75, 3.05) is 5.32 Å². The zero-order valence-corrected chi connectivity index (χ0v) is 11.9. The number of imidazole rings is 1. The number of rotatable bonds is 4. The molecule has 3 rings (SSSR count). The molecule has 3 aromatic rings. The number of halogens is 2. The molecule has 0 radical (unpaired) electrons. The van der Waals surface area contributed by atoms with Crippen molar-refractivity contribution in [3.05, 3.63) is 77.6 Å². The summed E-state index contributed by atoms with van der Waals surface area (Å²) in [6, 6.07) is 12.4. The summed E-state index contributed by atoms with van der Waals surface area (Å²) in [5.74, 6) is -0.311. The van der Waals surface area contributed by atoms with E-state index >= 15 is 0 Å². The average molecular weight is 302 g/mol. The highest BCUT2D eigenvalue weighted by Crippen LogP contribution is 2.20. The van der Waals surface area contributed by atoms with Crippen LogP contribution in [0.4, 0.5) is 10.1 Å². The third kappa shape index (κ3) is 3.23. The summed E-state index contributed by atoms with van der Waals surface area (Å²) in [7, 11) is 0. The lowest BCUT2D eigenvalue weighted by molar-refractivity contribution is 0.630. The third-order valence-corrected chi connectivity index (χ3v) is 3.39. The molecular weight excluding hydrogens is 289 g/mol. The number of hydrogen-bond donors (Lipinski definition) is 1. The van der Waals surface area contributed by atoms with Gasteiger partial charge in [0.2, 0.25) is 0 Å². The standard InChI is InChI=1S/C16H13ClFN3/c17-13-3-6-15(18)16(9-13)20-10-12-1-4-14(5-2-12)21-8-7-19-11-21/h1-9,11,20H,10H2. The summed E-state index contributed by atoms with van der Waals surface area (Å²) in [6.07, 6.45) is 5.36. The monoisotopic (exact) mass is 301 g/mol. The van der Waals surface area contributed by atoms with Gasteiger partial charge in [-0.25, -0.2) is 9.37 Å². The number of nitrogens with one attached hydrogen (secondary N) is 1. The highest BCUT2D eigenvalue weighted by atomic mass is 35.5. The van der Waals surface area contributed by atoms with Gasteiger partial charge in [-0.15, -0.1) is 0 Å². The van der Waals surface area contributed by atoms with Crippen LogP contribution in [0.3, 0.4) is 0 Å². The fraction of sp³-hybridized carbons (Fsp3) is 0.0625. The van der Waals surface area contributed by atoms with E-state index in [1.54, 1.807) is 18.6 Å². The second-order valence-corrected chi connectivity index (χ2v) is 5.05. The maximum absolute atomic E-state index is 13.6. The van der Waals surface area contributed by atoms with Crippen molar-refractivity contribution in [2.24, 2.45) is 0 Å². The Labute approximate surface area is 127 Å². The van der Waals surface area contributed by atoms with E-state index in [4.69, 9.17) is 11.6 Å². The van der Waals surface area contributed by atoms with Crippen molar-refractivity contribution in [1.82, 2.24) is 9.55 Å². The number of hydrogen-bond acceptors (Lipinski definition) is 2. The molecule has 0 unspecified atom stereocenters. The van der Waals surface area contributed by atoms with Gasteiger partial charge in [0.15, 0.2) is 0 Å². The van der Waals surface area contributed by atoms with E-state index in [9.17, 15) is 4.39 Å². The van der Waals surface area contributed by atoms with Crippen LogP contribution in [0.2, 0.25) is 5.02 Å². The molecule has 106 valence electrons. The van der Waals surface area contributed by atoms with E-state index in [0.29, 0.717) is 17.3 Å². The Hall–Kier alpha value is -2.33. The number of benzene rings is 2. The fourth-order valence-corrected chi connectivity index (χ4v) is 2.20. The zero-order valence-electron chi connectivity index (χ0n) is 11.1. The molecule has 0 aliphatic rings. The summed E-state index contributed by atoms with van der Waals surface area (Å²) in [4.78, 5) is 4.01. The number of anilines is 1. The second-order valence-electron chi connectivity index (χ2n) is 4.61. The van der Waals surface area contributed by atoms with E-state index < -0.39 is 0 Å². The van der Waals surface area contributed by atoms with Crippen molar-refractivity contribution < 1.29 is 4.39 Å². The van der Waals surface area contributed by atoms with Gasteiger partial charge in [0.25, 0.3) is 0 Å². The summed E-state index contributed by atoms with van der Waals surface area (Å²) in [6.45, 7) is 0.529. The number of aromatic nitrogens is 2. The normalized spacial score (nSPS) is 10.6. The minimum atomic E-state index is -0.311. The minimum absolute atomic E-state index is 0.311. The topological polar surface area (TPSA) is 29.9 Å². The van der Waals surface area contributed by atoms with Crippen LogP contribution in [0.5, 0.6) is 0 Å². The molecule has 2 aromatic carbocycles. The predicted molar refractivity (Wildman–Crippen MR) is 82.3 cm³/mol. The van der Waals surface area contributed by atoms with Crippen LogP contribution in [0.1, 0.15) is 5.56 Å². The summed E-state index contributed by atoms with van der Waals surface area (Å²) < 4.78 is 15.5. The first-order valence-electron chi connectivity index (χ1n) is 6.48. The summed E-state index contributed by atoms with van der Waals surface area (Å²) >= 11 is 5.86. The van der Waals surface area contributed by atoms with E-state index in [1.807, 2.05) is 35.0 Å². The van der Waals surface area contributed by atoms with Crippen LogP contribution >= 0.6 is 11.6 Å². The molecular formula is C16H13ClFN3. The maximum Gasteiger partial charge on any atom is 0.146 e. The molecule has 0 aliphatic carbocycles. The van der Waals surface area contributed by atoms with Crippen molar-refractivity contribution in [2.45, 2.75) is 6.54 Å². The lowest BCUT2D eigenvalue weighted by atomic mass is 10.2. The Morgan fingerprint density at radius 1 is 1.14 bits per heavy atom. The average Bonchev–Trinajstić information content (AvgIpc) is 3.03. The van der Waals surface area contributed by atoms with Crippen LogP contribution in [0, 0.1) is 5.82 Å². The van der Waals surface area contributed by atoms with E-state index in [0.717, 1.165) is 11.3 Å².